The Hall–Kier alpha value is -4.39. The Labute approximate surface area is 234 Å². The first kappa shape index (κ1) is 27.2. The topological polar surface area (TPSA) is 54.8 Å². The van der Waals surface area contributed by atoms with Crippen LogP contribution in [-0.2, 0) is 4.79 Å². The SMILES string of the molecule is CCC(C(=O)N1CCN(C(=O)c2cc(-c3cccc(OC)c3)n(-c3ccccc3F)c2C)CC1)c1ccccc1. The zero-order valence-electron chi connectivity index (χ0n) is 23.1. The molecule has 1 aliphatic rings. The highest BCUT2D eigenvalue weighted by Crippen LogP contribution is 2.33. The first-order chi connectivity index (χ1) is 19.4. The van der Waals surface area contributed by atoms with Gasteiger partial charge >= 0.3 is 0 Å². The molecule has 5 rings (SSSR count). The Balaban J connectivity index is 1.41. The molecular formula is C33H34FN3O3. The molecule has 1 aliphatic heterocycles. The second-order valence-corrected chi connectivity index (χ2v) is 10.0. The van der Waals surface area contributed by atoms with Gasteiger partial charge in [0.2, 0.25) is 5.91 Å². The minimum absolute atomic E-state index is 0.1000. The number of aromatic nitrogens is 1. The third kappa shape index (κ3) is 5.24. The molecule has 6 nitrogen and oxygen atoms in total. The van der Waals surface area contributed by atoms with E-state index in [1.807, 2.05) is 79.4 Å². The summed E-state index contributed by atoms with van der Waals surface area (Å²) in [5, 5.41) is 0. The van der Waals surface area contributed by atoms with Crippen LogP contribution in [0.2, 0.25) is 0 Å². The van der Waals surface area contributed by atoms with Crippen LogP contribution in [0.25, 0.3) is 16.9 Å². The van der Waals surface area contributed by atoms with Gasteiger partial charge in [-0.25, -0.2) is 4.39 Å². The van der Waals surface area contributed by atoms with Gasteiger partial charge in [0, 0.05) is 37.4 Å². The Morgan fingerprint density at radius 1 is 0.875 bits per heavy atom. The van der Waals surface area contributed by atoms with Crippen LogP contribution in [0.1, 0.15) is 40.9 Å². The predicted octanol–water partition coefficient (Wildman–Crippen LogP) is 6.08. The number of benzene rings is 3. The van der Waals surface area contributed by atoms with Crippen LogP contribution in [-0.4, -0.2) is 59.5 Å². The Kier molecular flexibility index (Phi) is 8.01. The number of methoxy groups -OCH3 is 1. The summed E-state index contributed by atoms with van der Waals surface area (Å²) in [6, 6.07) is 25.8. The van der Waals surface area contributed by atoms with Gasteiger partial charge in [0.05, 0.1) is 30.0 Å². The molecule has 1 saturated heterocycles. The molecule has 0 N–H and O–H groups in total. The van der Waals surface area contributed by atoms with E-state index in [0.29, 0.717) is 54.6 Å². The maximum Gasteiger partial charge on any atom is 0.255 e. The molecule has 0 bridgehead atoms. The second-order valence-electron chi connectivity index (χ2n) is 10.0. The normalized spacial score (nSPS) is 14.2. The molecule has 3 aromatic carbocycles. The number of amides is 2. The molecule has 2 heterocycles. The number of ether oxygens (including phenoxy) is 1. The Morgan fingerprint density at radius 3 is 2.23 bits per heavy atom. The number of piperazine rings is 1. The van der Waals surface area contributed by atoms with Gasteiger partial charge in [-0.3, -0.25) is 9.59 Å². The zero-order valence-corrected chi connectivity index (χ0v) is 23.1. The fourth-order valence-corrected chi connectivity index (χ4v) is 5.52. The number of para-hydroxylation sites is 1. The van der Waals surface area contributed by atoms with Crippen molar-refractivity contribution in [1.29, 1.82) is 0 Å². The smallest absolute Gasteiger partial charge is 0.255 e. The molecule has 2 amide bonds. The van der Waals surface area contributed by atoms with E-state index in [0.717, 1.165) is 17.5 Å². The fourth-order valence-electron chi connectivity index (χ4n) is 5.52. The molecule has 0 spiro atoms. The lowest BCUT2D eigenvalue weighted by molar-refractivity contribution is -0.134. The average molecular weight is 540 g/mol. The number of hydrogen-bond acceptors (Lipinski definition) is 3. The van der Waals surface area contributed by atoms with E-state index in [1.54, 1.807) is 34.8 Å². The van der Waals surface area contributed by atoms with Gasteiger partial charge in [-0.1, -0.05) is 61.5 Å². The third-order valence-electron chi connectivity index (χ3n) is 7.72. The van der Waals surface area contributed by atoms with Crippen LogP contribution in [0.15, 0.2) is 84.9 Å². The van der Waals surface area contributed by atoms with Crippen molar-refractivity contribution in [2.45, 2.75) is 26.2 Å². The second kappa shape index (κ2) is 11.8. The van der Waals surface area contributed by atoms with Crippen LogP contribution in [0.5, 0.6) is 5.75 Å². The number of hydrogen-bond donors (Lipinski definition) is 0. The molecule has 0 radical (unpaired) electrons. The number of halogens is 1. The van der Waals surface area contributed by atoms with Crippen molar-refractivity contribution in [3.8, 4) is 22.7 Å². The monoisotopic (exact) mass is 539 g/mol. The largest absolute Gasteiger partial charge is 0.497 e. The molecule has 4 aromatic rings. The van der Waals surface area contributed by atoms with E-state index in [1.165, 1.54) is 6.07 Å². The molecule has 0 saturated carbocycles. The predicted molar refractivity (Wildman–Crippen MR) is 154 cm³/mol. The van der Waals surface area contributed by atoms with Crippen molar-refractivity contribution in [2.24, 2.45) is 0 Å². The Morgan fingerprint density at radius 2 is 1.55 bits per heavy atom. The van der Waals surface area contributed by atoms with Crippen molar-refractivity contribution in [3.05, 3.63) is 108 Å². The molecule has 40 heavy (non-hydrogen) atoms. The van der Waals surface area contributed by atoms with Gasteiger partial charge in [0.15, 0.2) is 0 Å². The van der Waals surface area contributed by atoms with E-state index >= 15 is 4.39 Å². The highest BCUT2D eigenvalue weighted by molar-refractivity contribution is 5.97. The molecule has 7 heteroatoms. The van der Waals surface area contributed by atoms with Gasteiger partial charge < -0.3 is 19.1 Å². The lowest BCUT2D eigenvalue weighted by Gasteiger charge is -2.36. The van der Waals surface area contributed by atoms with E-state index < -0.39 is 0 Å². The van der Waals surface area contributed by atoms with Crippen molar-refractivity contribution in [1.82, 2.24) is 14.4 Å². The van der Waals surface area contributed by atoms with Gasteiger partial charge in [-0.05, 0) is 49.2 Å². The van der Waals surface area contributed by atoms with Crippen LogP contribution in [0.3, 0.4) is 0 Å². The van der Waals surface area contributed by atoms with Gasteiger partial charge in [0.1, 0.15) is 11.6 Å². The van der Waals surface area contributed by atoms with Crippen molar-refractivity contribution < 1.29 is 18.7 Å². The highest BCUT2D eigenvalue weighted by atomic mass is 19.1. The molecule has 1 fully saturated rings. The summed E-state index contributed by atoms with van der Waals surface area (Å²) < 4.78 is 22.2. The molecular weight excluding hydrogens is 505 g/mol. The first-order valence-electron chi connectivity index (χ1n) is 13.7. The summed E-state index contributed by atoms with van der Waals surface area (Å²) in [4.78, 5) is 30.8. The third-order valence-corrected chi connectivity index (χ3v) is 7.72. The van der Waals surface area contributed by atoms with Crippen LogP contribution in [0, 0.1) is 12.7 Å². The summed E-state index contributed by atoms with van der Waals surface area (Å²) in [7, 11) is 1.60. The average Bonchev–Trinajstić information content (AvgIpc) is 3.34. The summed E-state index contributed by atoms with van der Waals surface area (Å²) in [6.45, 7) is 5.70. The lowest BCUT2D eigenvalue weighted by Crippen LogP contribution is -2.51. The Bertz CT molecular complexity index is 1510. The van der Waals surface area contributed by atoms with Crippen molar-refractivity contribution in [3.63, 3.8) is 0 Å². The quantitative estimate of drug-likeness (QED) is 0.286. The van der Waals surface area contributed by atoms with E-state index in [2.05, 4.69) is 0 Å². The van der Waals surface area contributed by atoms with Gasteiger partial charge in [-0.15, -0.1) is 0 Å². The molecule has 1 unspecified atom stereocenters. The van der Waals surface area contributed by atoms with Crippen LogP contribution < -0.4 is 4.74 Å². The minimum atomic E-state index is -0.375. The van der Waals surface area contributed by atoms with E-state index in [-0.39, 0.29) is 23.5 Å². The van der Waals surface area contributed by atoms with Crippen LogP contribution in [0.4, 0.5) is 4.39 Å². The maximum absolute atomic E-state index is 15.0. The van der Waals surface area contributed by atoms with E-state index in [9.17, 15) is 9.59 Å². The van der Waals surface area contributed by atoms with Gasteiger partial charge in [-0.2, -0.15) is 0 Å². The summed E-state index contributed by atoms with van der Waals surface area (Å²) in [5.74, 6) is 0.0826. The molecule has 0 aliphatic carbocycles. The molecule has 1 atom stereocenters. The summed E-state index contributed by atoms with van der Waals surface area (Å²) >= 11 is 0. The number of rotatable bonds is 7. The number of nitrogens with zero attached hydrogens (tertiary/aromatic N) is 3. The standard InChI is InChI=1S/C33H34FN3O3/c1-4-27(24-11-6-5-7-12-24)32(38)35-17-19-36(20-18-35)33(39)28-22-31(25-13-10-14-26(21-25)40-3)37(23(28)2)30-16-9-8-15-29(30)34/h5-16,21-22,27H,4,17-20H2,1-3H3. The summed E-state index contributed by atoms with van der Waals surface area (Å²) in [6.07, 6.45) is 0.720. The zero-order chi connectivity index (χ0) is 28.2. The van der Waals surface area contributed by atoms with Crippen molar-refractivity contribution in [2.75, 3.05) is 33.3 Å². The maximum atomic E-state index is 15.0. The van der Waals surface area contributed by atoms with Crippen LogP contribution >= 0.6 is 0 Å². The van der Waals surface area contributed by atoms with Gasteiger partial charge in [0.25, 0.3) is 5.91 Å². The first-order valence-corrected chi connectivity index (χ1v) is 13.7. The number of carbonyl (C=O) groups excluding carboxylic acids is 2. The highest BCUT2D eigenvalue weighted by Gasteiger charge is 2.31. The number of carbonyl (C=O) groups is 2. The molecule has 206 valence electrons. The molecule has 1 aromatic heterocycles. The lowest BCUT2D eigenvalue weighted by atomic mass is 9.95. The van der Waals surface area contributed by atoms with E-state index in [4.69, 9.17) is 4.74 Å². The van der Waals surface area contributed by atoms with Crippen molar-refractivity contribution >= 4 is 11.8 Å². The minimum Gasteiger partial charge on any atom is -0.497 e. The fraction of sp³-hybridized carbons (Fsp3) is 0.273. The summed E-state index contributed by atoms with van der Waals surface area (Å²) in [5.41, 5.74) is 4.07.